The minimum atomic E-state index is -0.766. The second kappa shape index (κ2) is 4.47. The Morgan fingerprint density at radius 2 is 2.27 bits per heavy atom. The molecule has 2 rings (SSSR count). The predicted molar refractivity (Wildman–Crippen MR) is 52.5 cm³/mol. The maximum atomic E-state index is 11.2. The van der Waals surface area contributed by atoms with Crippen molar-refractivity contribution in [1.29, 1.82) is 0 Å². The summed E-state index contributed by atoms with van der Waals surface area (Å²) >= 11 is 0. The number of hydrogen-bond donors (Lipinski definition) is 2. The van der Waals surface area contributed by atoms with E-state index in [9.17, 15) is 15.0 Å². The molecule has 5 nitrogen and oxygen atoms in total. The molecule has 0 aromatic heterocycles. The van der Waals surface area contributed by atoms with Gasteiger partial charge in [0.2, 0.25) is 0 Å². The quantitative estimate of drug-likeness (QED) is 0.664. The molecule has 0 aromatic rings. The lowest BCUT2D eigenvalue weighted by Gasteiger charge is -2.38. The minimum absolute atomic E-state index is 0.0312. The number of ether oxygens (including phenoxy) is 1. The van der Waals surface area contributed by atoms with E-state index in [1.165, 1.54) is 0 Å². The summed E-state index contributed by atoms with van der Waals surface area (Å²) in [4.78, 5) is 13.1. The Hall–Kier alpha value is -0.650. The molecule has 2 aliphatic rings. The Kier molecular flexibility index (Phi) is 3.23. The van der Waals surface area contributed by atoms with Crippen molar-refractivity contribution in [1.82, 2.24) is 4.90 Å². The molecule has 1 saturated heterocycles. The highest BCUT2D eigenvalue weighted by atomic mass is 16.5. The van der Waals surface area contributed by atoms with Crippen LogP contribution < -0.4 is 0 Å². The van der Waals surface area contributed by atoms with Gasteiger partial charge in [0.25, 0.3) is 0 Å². The molecule has 15 heavy (non-hydrogen) atoms. The van der Waals surface area contributed by atoms with Crippen LogP contribution in [0.2, 0.25) is 0 Å². The third-order valence-corrected chi connectivity index (χ3v) is 3.16. The maximum Gasteiger partial charge on any atom is 0.321 e. The summed E-state index contributed by atoms with van der Waals surface area (Å²) in [5.41, 5.74) is 0. The van der Waals surface area contributed by atoms with Crippen molar-refractivity contribution in [2.24, 2.45) is 5.92 Å². The second-order valence-corrected chi connectivity index (χ2v) is 4.27. The molecule has 2 N–H and O–H groups in total. The van der Waals surface area contributed by atoms with E-state index in [4.69, 9.17) is 4.74 Å². The van der Waals surface area contributed by atoms with Crippen LogP contribution in [0.15, 0.2) is 0 Å². The summed E-state index contributed by atoms with van der Waals surface area (Å²) in [5, 5.41) is 18.4. The lowest BCUT2D eigenvalue weighted by atomic mass is 10.1. The van der Waals surface area contributed by atoms with Crippen LogP contribution in [0.4, 0.5) is 0 Å². The third-order valence-electron chi connectivity index (χ3n) is 3.16. The summed E-state index contributed by atoms with van der Waals surface area (Å²) in [6.07, 6.45) is 1.99. The SMILES string of the molecule is O=C(O)C(C1CC1)N1CCOCC1CO. The van der Waals surface area contributed by atoms with E-state index in [2.05, 4.69) is 0 Å². The fourth-order valence-corrected chi connectivity index (χ4v) is 2.22. The molecule has 1 aliphatic heterocycles. The Bertz CT molecular complexity index is 242. The van der Waals surface area contributed by atoms with E-state index in [0.717, 1.165) is 12.8 Å². The largest absolute Gasteiger partial charge is 0.480 e. The first-order valence-electron chi connectivity index (χ1n) is 5.41. The molecule has 0 aromatic carbocycles. The highest BCUT2D eigenvalue weighted by molar-refractivity contribution is 5.74. The fourth-order valence-electron chi connectivity index (χ4n) is 2.22. The summed E-state index contributed by atoms with van der Waals surface area (Å²) in [5.74, 6) is -0.493. The smallest absolute Gasteiger partial charge is 0.321 e. The van der Waals surface area contributed by atoms with Crippen molar-refractivity contribution in [3.8, 4) is 0 Å². The number of nitrogens with zero attached hydrogens (tertiary/aromatic N) is 1. The summed E-state index contributed by atoms with van der Waals surface area (Å²) < 4.78 is 5.24. The Labute approximate surface area is 88.6 Å². The van der Waals surface area contributed by atoms with E-state index < -0.39 is 12.0 Å². The monoisotopic (exact) mass is 215 g/mol. The van der Waals surface area contributed by atoms with Crippen LogP contribution in [0.25, 0.3) is 0 Å². The molecule has 0 radical (unpaired) electrons. The zero-order chi connectivity index (χ0) is 10.8. The molecule has 2 fully saturated rings. The Balaban J connectivity index is 2.06. The molecule has 0 amide bonds. The Morgan fingerprint density at radius 3 is 2.80 bits per heavy atom. The van der Waals surface area contributed by atoms with Gasteiger partial charge in [-0.15, -0.1) is 0 Å². The maximum absolute atomic E-state index is 11.2. The molecular weight excluding hydrogens is 198 g/mol. The molecule has 2 atom stereocenters. The number of aliphatic carboxylic acids is 1. The van der Waals surface area contributed by atoms with Gasteiger partial charge in [0.05, 0.1) is 25.9 Å². The van der Waals surface area contributed by atoms with Gasteiger partial charge in [0, 0.05) is 6.54 Å². The van der Waals surface area contributed by atoms with E-state index in [-0.39, 0.29) is 18.6 Å². The van der Waals surface area contributed by atoms with Crippen molar-refractivity contribution in [2.75, 3.05) is 26.4 Å². The molecule has 0 spiro atoms. The van der Waals surface area contributed by atoms with E-state index in [1.54, 1.807) is 0 Å². The molecule has 1 heterocycles. The molecule has 5 heteroatoms. The molecule has 86 valence electrons. The van der Waals surface area contributed by atoms with Crippen LogP contribution >= 0.6 is 0 Å². The second-order valence-electron chi connectivity index (χ2n) is 4.27. The van der Waals surface area contributed by atoms with Gasteiger partial charge in [-0.05, 0) is 18.8 Å². The van der Waals surface area contributed by atoms with Gasteiger partial charge in [-0.1, -0.05) is 0 Å². The van der Waals surface area contributed by atoms with Gasteiger partial charge in [-0.2, -0.15) is 0 Å². The highest BCUT2D eigenvalue weighted by Gasteiger charge is 2.43. The van der Waals surface area contributed by atoms with Crippen LogP contribution in [0, 0.1) is 5.92 Å². The topological polar surface area (TPSA) is 70.0 Å². The van der Waals surface area contributed by atoms with E-state index in [1.807, 2.05) is 4.90 Å². The van der Waals surface area contributed by atoms with Gasteiger partial charge in [-0.25, -0.2) is 0 Å². The van der Waals surface area contributed by atoms with Crippen LogP contribution in [0.3, 0.4) is 0 Å². The van der Waals surface area contributed by atoms with Gasteiger partial charge in [0.1, 0.15) is 6.04 Å². The number of carbonyl (C=O) groups is 1. The predicted octanol–water partition coefficient (Wildman–Crippen LogP) is -0.457. The van der Waals surface area contributed by atoms with Crippen molar-refractivity contribution < 1.29 is 19.7 Å². The van der Waals surface area contributed by atoms with Gasteiger partial charge in [-0.3, -0.25) is 9.69 Å². The number of aliphatic hydroxyl groups excluding tert-OH is 1. The van der Waals surface area contributed by atoms with Gasteiger partial charge >= 0.3 is 5.97 Å². The first kappa shape index (κ1) is 10.9. The van der Waals surface area contributed by atoms with Crippen LogP contribution in [-0.4, -0.2) is 59.5 Å². The molecule has 2 unspecified atom stereocenters. The highest BCUT2D eigenvalue weighted by Crippen LogP contribution is 2.36. The van der Waals surface area contributed by atoms with Crippen molar-refractivity contribution >= 4 is 5.97 Å². The average molecular weight is 215 g/mol. The van der Waals surface area contributed by atoms with Crippen LogP contribution in [0.1, 0.15) is 12.8 Å². The normalized spacial score (nSPS) is 30.1. The van der Waals surface area contributed by atoms with Crippen LogP contribution in [0.5, 0.6) is 0 Å². The molecule has 1 saturated carbocycles. The third kappa shape index (κ3) is 2.30. The summed E-state index contributed by atoms with van der Waals surface area (Å²) in [6, 6.07) is -0.577. The minimum Gasteiger partial charge on any atom is -0.480 e. The number of hydrogen-bond acceptors (Lipinski definition) is 4. The average Bonchev–Trinajstić information content (AvgIpc) is 3.03. The lowest BCUT2D eigenvalue weighted by Crippen LogP contribution is -2.55. The summed E-state index contributed by atoms with van der Waals surface area (Å²) in [6.45, 7) is 1.58. The molecule has 1 aliphatic carbocycles. The van der Waals surface area contributed by atoms with Gasteiger partial charge < -0.3 is 14.9 Å². The zero-order valence-corrected chi connectivity index (χ0v) is 8.63. The number of aliphatic hydroxyl groups is 1. The van der Waals surface area contributed by atoms with Crippen molar-refractivity contribution in [3.05, 3.63) is 0 Å². The van der Waals surface area contributed by atoms with Crippen molar-refractivity contribution in [3.63, 3.8) is 0 Å². The summed E-state index contributed by atoms with van der Waals surface area (Å²) in [7, 11) is 0. The number of morpholine rings is 1. The van der Waals surface area contributed by atoms with E-state index >= 15 is 0 Å². The van der Waals surface area contributed by atoms with Crippen molar-refractivity contribution in [2.45, 2.75) is 24.9 Å². The molecular formula is C10H17NO4. The number of carboxylic acids is 1. The molecule has 0 bridgehead atoms. The standard InChI is InChI=1S/C10H17NO4/c12-5-8-6-15-4-3-11(8)9(10(13)14)7-1-2-7/h7-9,12H,1-6H2,(H,13,14). The van der Waals surface area contributed by atoms with Gasteiger partial charge in [0.15, 0.2) is 0 Å². The lowest BCUT2D eigenvalue weighted by molar-refractivity contribution is -0.149. The van der Waals surface area contributed by atoms with Crippen LogP contribution in [-0.2, 0) is 9.53 Å². The Morgan fingerprint density at radius 1 is 1.53 bits per heavy atom. The fraction of sp³-hybridized carbons (Fsp3) is 0.900. The zero-order valence-electron chi connectivity index (χ0n) is 8.63. The number of carboxylic acid groups (broad SMARTS) is 1. The first-order valence-corrected chi connectivity index (χ1v) is 5.41. The number of rotatable bonds is 4. The van der Waals surface area contributed by atoms with E-state index in [0.29, 0.717) is 19.8 Å². The first-order chi connectivity index (χ1) is 7.24.